The van der Waals surface area contributed by atoms with Crippen molar-refractivity contribution >= 4 is 80.3 Å². The van der Waals surface area contributed by atoms with Gasteiger partial charge >= 0.3 is 12.1 Å². The lowest BCUT2D eigenvalue weighted by molar-refractivity contribution is -0.162. The number of epoxide rings is 1. The highest BCUT2D eigenvalue weighted by atomic mass is 35.5. The molecule has 2 aromatic rings. The number of nitrogens with zero attached hydrogens (tertiary/aromatic N) is 5. The van der Waals surface area contributed by atoms with Crippen molar-refractivity contribution in [2.75, 3.05) is 52.6 Å². The van der Waals surface area contributed by atoms with E-state index in [0.29, 0.717) is 73.2 Å². The largest absolute Gasteiger partial charge is 0.495 e. The van der Waals surface area contributed by atoms with Gasteiger partial charge in [-0.3, -0.25) is 24.5 Å². The Morgan fingerprint density at radius 3 is 2.62 bits per heavy atom. The van der Waals surface area contributed by atoms with Gasteiger partial charge in [-0.2, -0.15) is 5.10 Å². The predicted octanol–water partition coefficient (Wildman–Crippen LogP) is 6.01. The lowest BCUT2D eigenvalue weighted by Gasteiger charge is -2.42. The number of anilines is 1. The smallest absolute Gasteiger partial charge is 0.409 e. The molecule has 4 heterocycles. The number of aromatic nitrogens is 2. The van der Waals surface area contributed by atoms with Crippen LogP contribution in [0.25, 0.3) is 0 Å². The molecule has 2 saturated heterocycles. The molecule has 4 aliphatic rings. The molecule has 0 radical (unpaired) electrons. The fourth-order valence-electron chi connectivity index (χ4n) is 9.39. The van der Waals surface area contributed by atoms with E-state index in [1.165, 1.54) is 65.8 Å². The maximum absolute atomic E-state index is 14.4. The molecule has 4 N–H and O–H groups in total. The number of aryl methyl sites for hydroxylation is 1. The molecular weight excluding hydrogens is 1060 g/mol. The van der Waals surface area contributed by atoms with E-state index in [9.17, 15) is 33.9 Å². The van der Waals surface area contributed by atoms with Crippen LogP contribution in [-0.4, -0.2) is 156 Å². The third-order valence-electron chi connectivity index (χ3n) is 14.1. The Bertz CT molecular complexity index is 2620. The number of likely N-dealkylation sites (N-methyl/N-ethyl adjacent to an activating group) is 1. The number of allylic oxidation sites excluding steroid dienone is 3. The second kappa shape index (κ2) is 26.5. The number of amides is 5. The highest BCUT2D eigenvalue weighted by Gasteiger charge is 2.64. The number of benzene rings is 1. The fraction of sp³-hybridized carbons (Fsp3) is 0.604. The van der Waals surface area contributed by atoms with E-state index in [-0.39, 0.29) is 48.4 Å². The summed E-state index contributed by atoms with van der Waals surface area (Å²) in [5.41, 5.74) is 3.53. The van der Waals surface area contributed by atoms with Gasteiger partial charge in [0.15, 0.2) is 5.72 Å². The second-order valence-electron chi connectivity index (χ2n) is 20.6. The number of fused-ring (bicyclic) bond motifs is 6. The molecule has 2 fully saturated rings. The van der Waals surface area contributed by atoms with E-state index in [1.807, 2.05) is 26.8 Å². The molecule has 77 heavy (non-hydrogen) atoms. The number of methoxy groups -OCH3 is 2. The molecule has 3 aliphatic heterocycles. The lowest BCUT2D eigenvalue weighted by atomic mass is 9.83. The topological polar surface area (TPSA) is 262 Å². The number of hydrogen-bond donors (Lipinski definition) is 4. The van der Waals surface area contributed by atoms with Gasteiger partial charge in [0.1, 0.15) is 46.4 Å². The number of rotatable bonds is 18. The normalized spacial score (nSPS) is 26.6. The van der Waals surface area contributed by atoms with Gasteiger partial charge in [-0.25, -0.2) is 25.0 Å². The molecule has 1 aromatic heterocycles. The standard InChI is InChI=1S/C53H73ClN8O13S2/c1-30-15-12-18-39(71-11)53(69)27-38(73-50(68)58-53)31(2)48-52(6,75-48)40(26-45(66)62(9)36-24-33(23-30)25-37(70-10)46(36)54)74-49(67)32(3)61(8)44(65)20-22-76-77-51(4,5)28-42(64)60-59-35-17-13-16-34-47(35)56-29-43(57-34)72-21-14-19-41(63)55-7/h12,15,18,24-25,29,31-32,38-40,48,69H,13-14,16-17,19-23,26-28H2,1-11H3,(H,55,63)(H,58,68)(H,60,64)/b18-12+,30-15+,59-35+/t31-,32+,38+,39-,40+,48+,52+,53+/m1/s1. The van der Waals surface area contributed by atoms with Crippen LogP contribution in [0.3, 0.4) is 0 Å². The summed E-state index contributed by atoms with van der Waals surface area (Å²) in [6.45, 7) is 11.1. The van der Waals surface area contributed by atoms with E-state index < -0.39 is 70.4 Å². The molecule has 422 valence electrons. The first kappa shape index (κ1) is 60.8. The predicted molar refractivity (Wildman–Crippen MR) is 293 cm³/mol. The van der Waals surface area contributed by atoms with Gasteiger partial charge in [-0.05, 0) is 84.4 Å². The molecule has 21 nitrogen and oxygen atoms in total. The number of carbonyl (C=O) groups is 6. The van der Waals surface area contributed by atoms with Crippen molar-refractivity contribution in [1.29, 1.82) is 0 Å². The quantitative estimate of drug-likeness (QED) is 0.0438. The van der Waals surface area contributed by atoms with E-state index in [0.717, 1.165) is 23.3 Å². The maximum atomic E-state index is 14.4. The summed E-state index contributed by atoms with van der Waals surface area (Å²) in [7, 11) is 10.4. The number of hydrogen-bond acceptors (Lipinski definition) is 18. The average molecular weight is 1130 g/mol. The fourth-order valence-corrected chi connectivity index (χ4v) is 12.2. The number of esters is 1. The number of alkyl carbamates (subject to hydrolysis) is 1. The van der Waals surface area contributed by atoms with Crippen molar-refractivity contribution in [2.24, 2.45) is 11.0 Å². The molecule has 24 heteroatoms. The number of halogens is 1. The molecule has 0 unspecified atom stereocenters. The highest BCUT2D eigenvalue weighted by Crippen LogP contribution is 2.49. The molecule has 4 bridgehead atoms. The van der Waals surface area contributed by atoms with E-state index in [4.69, 9.17) is 40.0 Å². The minimum atomic E-state index is -1.87. The maximum Gasteiger partial charge on any atom is 0.409 e. The molecule has 0 saturated carbocycles. The molecule has 8 atom stereocenters. The number of ether oxygens (including phenoxy) is 6. The lowest BCUT2D eigenvalue weighted by Crippen LogP contribution is -2.63. The van der Waals surface area contributed by atoms with Crippen LogP contribution in [0.1, 0.15) is 110 Å². The zero-order chi connectivity index (χ0) is 56.4. The van der Waals surface area contributed by atoms with Crippen LogP contribution in [0.5, 0.6) is 11.6 Å². The van der Waals surface area contributed by atoms with E-state index in [1.54, 1.807) is 52.2 Å². The Kier molecular flexibility index (Phi) is 20.9. The van der Waals surface area contributed by atoms with Crippen LogP contribution in [0.4, 0.5) is 10.5 Å². The summed E-state index contributed by atoms with van der Waals surface area (Å²) >= 11 is 6.83. The van der Waals surface area contributed by atoms with Crippen LogP contribution in [0.15, 0.2) is 47.2 Å². The zero-order valence-corrected chi connectivity index (χ0v) is 48.1. The first-order valence-corrected chi connectivity index (χ1v) is 28.3. The Morgan fingerprint density at radius 1 is 1.16 bits per heavy atom. The van der Waals surface area contributed by atoms with Gasteiger partial charge in [0, 0.05) is 70.4 Å². The van der Waals surface area contributed by atoms with Crippen molar-refractivity contribution in [3.05, 3.63) is 64.1 Å². The van der Waals surface area contributed by atoms with Crippen molar-refractivity contribution < 1.29 is 62.3 Å². The van der Waals surface area contributed by atoms with Gasteiger partial charge in [-0.1, -0.05) is 63.9 Å². The van der Waals surface area contributed by atoms with Crippen LogP contribution < -0.4 is 30.4 Å². The number of aliphatic hydroxyl groups is 1. The van der Waals surface area contributed by atoms with Crippen LogP contribution in [-0.2, 0) is 55.8 Å². The number of hydrazone groups is 1. The molecule has 1 aromatic carbocycles. The van der Waals surface area contributed by atoms with Crippen molar-refractivity contribution in [1.82, 2.24) is 30.9 Å². The van der Waals surface area contributed by atoms with Gasteiger partial charge in [0.05, 0.1) is 49.5 Å². The molecule has 1 aliphatic carbocycles. The zero-order valence-electron chi connectivity index (χ0n) is 45.7. The Balaban J connectivity index is 1.07. The molecule has 5 amide bonds. The van der Waals surface area contributed by atoms with E-state index >= 15 is 0 Å². The first-order chi connectivity index (χ1) is 36.4. The minimum absolute atomic E-state index is 0.0626. The Hall–Kier alpha value is -5.46. The third-order valence-corrected chi connectivity index (χ3v) is 17.8. The van der Waals surface area contributed by atoms with E-state index in [2.05, 4.69) is 31.1 Å². The van der Waals surface area contributed by atoms with Gasteiger partial charge in [0.25, 0.3) is 0 Å². The summed E-state index contributed by atoms with van der Waals surface area (Å²) in [5, 5.41) is 21.6. The van der Waals surface area contributed by atoms with Gasteiger partial charge in [0.2, 0.25) is 29.5 Å². The summed E-state index contributed by atoms with van der Waals surface area (Å²) < 4.78 is 34.7. The molecular formula is C53H73ClN8O13S2. The van der Waals surface area contributed by atoms with Crippen LogP contribution in [0, 0.1) is 5.92 Å². The summed E-state index contributed by atoms with van der Waals surface area (Å²) in [6.07, 6.45) is 5.24. The van der Waals surface area contributed by atoms with Crippen molar-refractivity contribution in [3.8, 4) is 11.6 Å². The summed E-state index contributed by atoms with van der Waals surface area (Å²) in [4.78, 5) is 91.6. The van der Waals surface area contributed by atoms with Crippen molar-refractivity contribution in [2.45, 2.75) is 152 Å². The SMILES string of the molecule is CNC(=O)CCCOc1cnc2c(n1)CCC/C2=N\NC(=O)CC(C)(C)SSCCC(=O)N(C)[C@@H](C)C(=O)O[C@H]1CC(=O)N(C)c2cc(cc(OC)c2Cl)C/C(C)=C/C=C/[C@@H](OC)[C@@]2(O)C[C@H](OC(=O)N2)[C@@H](C)[C@@H]2O[C@@]12C. The van der Waals surface area contributed by atoms with Crippen LogP contribution in [0.2, 0.25) is 5.02 Å². The Labute approximate surface area is 463 Å². The van der Waals surface area contributed by atoms with Gasteiger partial charge in [-0.15, -0.1) is 0 Å². The van der Waals surface area contributed by atoms with Gasteiger partial charge < -0.3 is 48.6 Å². The highest BCUT2D eigenvalue weighted by molar-refractivity contribution is 8.77. The molecule has 0 spiro atoms. The Morgan fingerprint density at radius 2 is 1.91 bits per heavy atom. The third kappa shape index (κ3) is 15.6. The average Bonchev–Trinajstić information content (AvgIpc) is 4.13. The second-order valence-corrected chi connectivity index (χ2v) is 24.1. The monoisotopic (exact) mass is 1130 g/mol. The summed E-state index contributed by atoms with van der Waals surface area (Å²) in [5.74, 6) is -1.44. The minimum Gasteiger partial charge on any atom is -0.495 e. The van der Waals surface area contributed by atoms with Crippen LogP contribution >= 0.6 is 33.2 Å². The number of carbonyl (C=O) groups excluding carboxylic acids is 6. The van der Waals surface area contributed by atoms with Crippen molar-refractivity contribution in [3.63, 3.8) is 0 Å². The number of nitrogens with one attached hydrogen (secondary N) is 3. The first-order valence-electron chi connectivity index (χ1n) is 25.6. The molecule has 6 rings (SSSR count). The summed E-state index contributed by atoms with van der Waals surface area (Å²) in [6, 6.07) is 2.48.